The summed E-state index contributed by atoms with van der Waals surface area (Å²) in [5.74, 6) is -0.592. The molecule has 1 fully saturated rings. The number of halogens is 1. The molecular formula is C19H21FN2O3. The highest BCUT2D eigenvalue weighted by molar-refractivity contribution is 5.97. The number of hydrogen-bond donors (Lipinski definition) is 2. The first-order valence-electron chi connectivity index (χ1n) is 8.43. The van der Waals surface area contributed by atoms with E-state index in [4.69, 9.17) is 4.42 Å². The van der Waals surface area contributed by atoms with Gasteiger partial charge in [0.25, 0.3) is 5.91 Å². The third-order valence-electron chi connectivity index (χ3n) is 4.67. The predicted molar refractivity (Wildman–Crippen MR) is 90.3 cm³/mol. The predicted octanol–water partition coefficient (Wildman–Crippen LogP) is 3.19. The minimum Gasteiger partial charge on any atom is -0.472 e. The van der Waals surface area contributed by atoms with E-state index in [1.807, 2.05) is 0 Å². The van der Waals surface area contributed by atoms with Crippen LogP contribution in [0.2, 0.25) is 0 Å². The van der Waals surface area contributed by atoms with Crippen molar-refractivity contribution in [3.8, 4) is 0 Å². The summed E-state index contributed by atoms with van der Waals surface area (Å²) in [6.07, 6.45) is 5.91. The second-order valence-electron chi connectivity index (χ2n) is 6.44. The third-order valence-corrected chi connectivity index (χ3v) is 4.67. The highest BCUT2D eigenvalue weighted by Gasteiger charge is 2.31. The summed E-state index contributed by atoms with van der Waals surface area (Å²) in [6.45, 7) is 1.63. The molecule has 1 aromatic heterocycles. The van der Waals surface area contributed by atoms with Crippen LogP contribution in [-0.4, -0.2) is 17.9 Å². The van der Waals surface area contributed by atoms with E-state index < -0.39 is 6.04 Å². The summed E-state index contributed by atoms with van der Waals surface area (Å²) in [7, 11) is 0. The van der Waals surface area contributed by atoms with Gasteiger partial charge in [-0.15, -0.1) is 0 Å². The van der Waals surface area contributed by atoms with E-state index in [2.05, 4.69) is 10.6 Å². The maximum atomic E-state index is 13.2. The van der Waals surface area contributed by atoms with Crippen molar-refractivity contribution in [2.75, 3.05) is 0 Å². The lowest BCUT2D eigenvalue weighted by Crippen LogP contribution is -2.47. The molecule has 0 radical (unpaired) electrons. The van der Waals surface area contributed by atoms with E-state index in [1.54, 1.807) is 19.1 Å². The van der Waals surface area contributed by atoms with Crippen LogP contribution in [0, 0.1) is 11.7 Å². The molecule has 25 heavy (non-hydrogen) atoms. The number of hydrogen-bond acceptors (Lipinski definition) is 3. The van der Waals surface area contributed by atoms with E-state index in [-0.39, 0.29) is 23.7 Å². The lowest BCUT2D eigenvalue weighted by atomic mass is 9.77. The molecule has 132 valence electrons. The standard InChI is InChI=1S/C19H21FN2O3/c1-12(21-19(24)15-9-10-25-11-15)18(23)22-17(13-3-2-4-13)14-5-7-16(20)8-6-14/h5-13,17H,2-4H2,1H3,(H,21,24)(H,22,23)/t12-,17-/m1/s1. The molecule has 1 saturated carbocycles. The molecule has 2 N–H and O–H groups in total. The van der Waals surface area contributed by atoms with Crippen LogP contribution in [0.25, 0.3) is 0 Å². The molecular weight excluding hydrogens is 323 g/mol. The second kappa shape index (κ2) is 7.51. The zero-order valence-corrected chi connectivity index (χ0v) is 14.0. The molecule has 5 nitrogen and oxygen atoms in total. The summed E-state index contributed by atoms with van der Waals surface area (Å²) >= 11 is 0. The molecule has 2 aromatic rings. The van der Waals surface area contributed by atoms with Gasteiger partial charge in [-0.2, -0.15) is 0 Å². The van der Waals surface area contributed by atoms with Crippen molar-refractivity contribution in [2.45, 2.75) is 38.3 Å². The zero-order valence-electron chi connectivity index (χ0n) is 14.0. The largest absolute Gasteiger partial charge is 0.472 e. The molecule has 3 rings (SSSR count). The van der Waals surface area contributed by atoms with Gasteiger partial charge < -0.3 is 15.1 Å². The van der Waals surface area contributed by atoms with Gasteiger partial charge in [0.15, 0.2) is 0 Å². The molecule has 0 unspecified atom stereocenters. The number of amides is 2. The molecule has 2 amide bonds. The Morgan fingerprint density at radius 1 is 1.16 bits per heavy atom. The Hall–Kier alpha value is -2.63. The van der Waals surface area contributed by atoms with Crippen LogP contribution in [0.4, 0.5) is 4.39 Å². The lowest BCUT2D eigenvalue weighted by molar-refractivity contribution is -0.124. The van der Waals surface area contributed by atoms with Crippen molar-refractivity contribution >= 4 is 11.8 Å². The summed E-state index contributed by atoms with van der Waals surface area (Å²) in [5, 5.41) is 5.66. The number of nitrogens with one attached hydrogen (secondary N) is 2. The van der Waals surface area contributed by atoms with Crippen LogP contribution in [0.15, 0.2) is 47.3 Å². The first-order valence-corrected chi connectivity index (χ1v) is 8.43. The van der Waals surface area contributed by atoms with E-state index in [0.717, 1.165) is 24.8 Å². The normalized spacial score (nSPS) is 16.6. The average Bonchev–Trinajstić information content (AvgIpc) is 3.07. The van der Waals surface area contributed by atoms with Crippen LogP contribution < -0.4 is 10.6 Å². The third kappa shape index (κ3) is 4.07. The number of benzene rings is 1. The SMILES string of the molecule is C[C@@H](NC(=O)c1ccoc1)C(=O)N[C@@H](c1ccc(F)cc1)C1CCC1. The van der Waals surface area contributed by atoms with Crippen LogP contribution >= 0.6 is 0 Å². The van der Waals surface area contributed by atoms with Crippen LogP contribution in [0.5, 0.6) is 0 Å². The number of carbonyl (C=O) groups excluding carboxylic acids is 2. The molecule has 1 heterocycles. The van der Waals surface area contributed by atoms with Gasteiger partial charge in [0.1, 0.15) is 18.1 Å². The van der Waals surface area contributed by atoms with Gasteiger partial charge in [-0.1, -0.05) is 18.6 Å². The highest BCUT2D eigenvalue weighted by atomic mass is 19.1. The second-order valence-corrected chi connectivity index (χ2v) is 6.44. The van der Waals surface area contributed by atoms with E-state index in [1.165, 1.54) is 30.7 Å². The quantitative estimate of drug-likeness (QED) is 0.845. The zero-order chi connectivity index (χ0) is 17.8. The number of furan rings is 1. The molecule has 6 heteroatoms. The van der Waals surface area contributed by atoms with Gasteiger partial charge in [-0.05, 0) is 49.4 Å². The van der Waals surface area contributed by atoms with Gasteiger partial charge in [0, 0.05) is 0 Å². The molecule has 1 aliphatic rings. The Morgan fingerprint density at radius 3 is 2.44 bits per heavy atom. The summed E-state index contributed by atoms with van der Waals surface area (Å²) < 4.78 is 18.0. The maximum Gasteiger partial charge on any atom is 0.255 e. The monoisotopic (exact) mass is 344 g/mol. The van der Waals surface area contributed by atoms with Gasteiger partial charge in [0.2, 0.25) is 5.91 Å². The molecule has 2 atom stereocenters. The van der Waals surface area contributed by atoms with Crippen molar-refractivity contribution in [1.82, 2.24) is 10.6 Å². The summed E-state index contributed by atoms with van der Waals surface area (Å²) in [6, 6.07) is 6.88. The Bertz CT molecular complexity index is 724. The van der Waals surface area contributed by atoms with E-state index in [0.29, 0.717) is 11.5 Å². The van der Waals surface area contributed by atoms with Crippen molar-refractivity contribution in [2.24, 2.45) is 5.92 Å². The minimum atomic E-state index is -0.689. The number of carbonyl (C=O) groups is 2. The fraction of sp³-hybridized carbons (Fsp3) is 0.368. The lowest BCUT2D eigenvalue weighted by Gasteiger charge is -2.35. The fourth-order valence-corrected chi connectivity index (χ4v) is 2.93. The maximum absolute atomic E-state index is 13.2. The van der Waals surface area contributed by atoms with Crippen molar-refractivity contribution in [3.63, 3.8) is 0 Å². The summed E-state index contributed by atoms with van der Waals surface area (Å²) in [5.41, 5.74) is 1.25. The molecule has 0 aliphatic heterocycles. The van der Waals surface area contributed by atoms with Crippen molar-refractivity contribution in [3.05, 3.63) is 59.8 Å². The minimum absolute atomic E-state index is 0.171. The topological polar surface area (TPSA) is 71.3 Å². The van der Waals surface area contributed by atoms with E-state index >= 15 is 0 Å². The van der Waals surface area contributed by atoms with Gasteiger partial charge in [0.05, 0.1) is 17.9 Å². The van der Waals surface area contributed by atoms with Crippen LogP contribution in [-0.2, 0) is 4.79 Å². The average molecular weight is 344 g/mol. The first kappa shape index (κ1) is 17.2. The van der Waals surface area contributed by atoms with Crippen molar-refractivity contribution < 1.29 is 18.4 Å². The van der Waals surface area contributed by atoms with Crippen LogP contribution in [0.1, 0.15) is 48.1 Å². The Labute approximate surface area is 145 Å². The molecule has 1 aliphatic carbocycles. The summed E-state index contributed by atoms with van der Waals surface area (Å²) in [4.78, 5) is 24.5. The Morgan fingerprint density at radius 2 is 1.88 bits per heavy atom. The highest BCUT2D eigenvalue weighted by Crippen LogP contribution is 2.37. The molecule has 0 spiro atoms. The Balaban J connectivity index is 1.65. The van der Waals surface area contributed by atoms with Crippen LogP contribution in [0.3, 0.4) is 0 Å². The molecule has 0 bridgehead atoms. The van der Waals surface area contributed by atoms with Crippen molar-refractivity contribution in [1.29, 1.82) is 0 Å². The fourth-order valence-electron chi connectivity index (χ4n) is 2.93. The van der Waals surface area contributed by atoms with Gasteiger partial charge >= 0.3 is 0 Å². The number of rotatable bonds is 6. The molecule has 0 saturated heterocycles. The smallest absolute Gasteiger partial charge is 0.255 e. The van der Waals surface area contributed by atoms with Gasteiger partial charge in [-0.3, -0.25) is 9.59 Å². The first-order chi connectivity index (χ1) is 12.0. The van der Waals surface area contributed by atoms with E-state index in [9.17, 15) is 14.0 Å². The molecule has 1 aromatic carbocycles. The van der Waals surface area contributed by atoms with Gasteiger partial charge in [-0.25, -0.2) is 4.39 Å². The Kier molecular flexibility index (Phi) is 5.16.